The van der Waals surface area contributed by atoms with Crippen LogP contribution in [0.2, 0.25) is 0 Å². The molecule has 2 amide bonds. The first kappa shape index (κ1) is 40.7. The van der Waals surface area contributed by atoms with Gasteiger partial charge >= 0.3 is 0 Å². The summed E-state index contributed by atoms with van der Waals surface area (Å²) in [6, 6.07) is 8.27. The van der Waals surface area contributed by atoms with Crippen LogP contribution in [0.25, 0.3) is 0 Å². The molecule has 2 aromatic heterocycles. The number of carbonyl (C=O) groups is 2. The summed E-state index contributed by atoms with van der Waals surface area (Å²) >= 11 is 0. The molecule has 14 heteroatoms. The molecule has 288 valence electrons. The molecular weight excluding hydrogens is 713 g/mol. The Hall–Kier alpha value is -2.48. The van der Waals surface area contributed by atoms with Crippen LogP contribution in [0.1, 0.15) is 96.3 Å². The quantitative estimate of drug-likeness (QED) is 0.367. The van der Waals surface area contributed by atoms with E-state index in [0.717, 1.165) is 63.0 Å². The number of primary amides is 2. The number of nitrogens with zero attached hydrogens (tertiary/aromatic N) is 4. The van der Waals surface area contributed by atoms with Crippen LogP contribution >= 0.6 is 24.8 Å². The van der Waals surface area contributed by atoms with Gasteiger partial charge in [-0.25, -0.2) is 8.78 Å². The van der Waals surface area contributed by atoms with Crippen LogP contribution in [0.15, 0.2) is 36.7 Å². The summed E-state index contributed by atoms with van der Waals surface area (Å²) in [5, 5.41) is 0. The standard InChI is InChI=1S/2C19H26FN3O2.2ClH/c2*1-25-19(12-5-6-22-17(7-12)18(21)24)13-3-2-4-14(19)11-23(10-13)16-8-15(20)9-16;;/h2*5-7,13-16H,2-4,8-11H2,1H3,(H2,21,24);2*1H. The van der Waals surface area contributed by atoms with Crippen LogP contribution in [0.3, 0.4) is 0 Å². The average Bonchev–Trinajstić information content (AvgIpc) is 3.08. The third-order valence-corrected chi connectivity index (χ3v) is 13.2. The molecule has 6 aliphatic rings. The zero-order valence-electron chi connectivity index (χ0n) is 30.1. The summed E-state index contributed by atoms with van der Waals surface area (Å²) in [4.78, 5) is 36.2. The lowest BCUT2D eigenvalue weighted by Gasteiger charge is -2.57. The Kier molecular flexibility index (Phi) is 12.9. The van der Waals surface area contributed by atoms with Crippen molar-refractivity contribution in [2.75, 3.05) is 40.4 Å². The van der Waals surface area contributed by atoms with Crippen LogP contribution in [0.4, 0.5) is 8.78 Å². The molecule has 0 spiro atoms. The molecule has 4 aliphatic carbocycles. The fourth-order valence-corrected chi connectivity index (χ4v) is 10.6. The number of piperidine rings is 2. The Labute approximate surface area is 318 Å². The number of alkyl halides is 2. The molecule has 4 saturated carbocycles. The molecule has 0 radical (unpaired) electrons. The van der Waals surface area contributed by atoms with Crippen molar-refractivity contribution in [3.05, 3.63) is 59.2 Å². The molecule has 6 fully saturated rings. The summed E-state index contributed by atoms with van der Waals surface area (Å²) in [5.41, 5.74) is 12.6. The molecule has 0 aromatic carbocycles. The molecule has 4 N–H and O–H groups in total. The van der Waals surface area contributed by atoms with Crippen LogP contribution in [-0.2, 0) is 20.7 Å². The van der Waals surface area contributed by atoms with Gasteiger partial charge in [-0.15, -0.1) is 24.8 Å². The van der Waals surface area contributed by atoms with Gasteiger partial charge in [0, 0.05) is 88.5 Å². The van der Waals surface area contributed by atoms with Crippen molar-refractivity contribution in [2.24, 2.45) is 35.1 Å². The summed E-state index contributed by atoms with van der Waals surface area (Å²) < 4.78 is 39.0. The Balaban J connectivity index is 0.000000194. The number of ether oxygens (including phenoxy) is 2. The number of halogens is 4. The number of nitrogens with two attached hydrogens (primary N) is 2. The molecule has 8 rings (SSSR count). The minimum atomic E-state index is -0.628. The van der Waals surface area contributed by atoms with Crippen LogP contribution in [0.5, 0.6) is 0 Å². The molecule has 2 saturated heterocycles. The zero-order valence-corrected chi connectivity index (χ0v) is 31.8. The number of rotatable bonds is 8. The van der Waals surface area contributed by atoms with Gasteiger partial charge in [-0.05, 0) is 86.8 Å². The SMILES string of the molecule is COC1(c2ccnc(C(N)=O)c2)C2CCCC1CN(C1CC(F)C1)C2.COC1(c2ccnc(C(N)=O)c2)C2CCCC1CN(C1CC(F)C1)C2.Cl.Cl. The van der Waals surface area contributed by atoms with Crippen molar-refractivity contribution in [2.45, 2.75) is 99.8 Å². The number of fused-ring (bicyclic) bond motifs is 4. The van der Waals surface area contributed by atoms with Crippen molar-refractivity contribution < 1.29 is 27.8 Å². The Morgan fingerprint density at radius 3 is 1.27 bits per heavy atom. The van der Waals surface area contributed by atoms with E-state index in [-0.39, 0.29) is 36.2 Å². The second-order valence-electron chi connectivity index (χ2n) is 15.6. The molecule has 10 nitrogen and oxygen atoms in total. The lowest BCUT2D eigenvalue weighted by Crippen LogP contribution is -2.62. The first-order valence-electron chi connectivity index (χ1n) is 18.5. The number of amides is 2. The van der Waals surface area contributed by atoms with Crippen molar-refractivity contribution in [1.82, 2.24) is 19.8 Å². The second kappa shape index (κ2) is 16.5. The normalized spacial score (nSPS) is 36.7. The Morgan fingerprint density at radius 1 is 0.673 bits per heavy atom. The van der Waals surface area contributed by atoms with Gasteiger partial charge in [0.1, 0.15) is 34.9 Å². The molecular formula is C38H54Cl2F2N6O4. The minimum absolute atomic E-state index is 0. The summed E-state index contributed by atoms with van der Waals surface area (Å²) in [7, 11) is 3.54. The molecule has 52 heavy (non-hydrogen) atoms. The number of carbonyl (C=O) groups excluding carboxylic acids is 2. The van der Waals surface area contributed by atoms with E-state index in [1.165, 1.54) is 12.8 Å². The highest BCUT2D eigenvalue weighted by Crippen LogP contribution is 2.54. The Bertz CT molecular complexity index is 1420. The largest absolute Gasteiger partial charge is 0.373 e. The highest BCUT2D eigenvalue weighted by atomic mass is 35.5. The first-order chi connectivity index (χ1) is 24.1. The van der Waals surface area contributed by atoms with Gasteiger partial charge in [-0.2, -0.15) is 0 Å². The third-order valence-electron chi connectivity index (χ3n) is 13.2. The first-order valence-corrected chi connectivity index (χ1v) is 18.5. The predicted octanol–water partition coefficient (Wildman–Crippen LogP) is 5.35. The lowest BCUT2D eigenvalue weighted by molar-refractivity contribution is -0.180. The fourth-order valence-electron chi connectivity index (χ4n) is 10.6. The Morgan fingerprint density at radius 2 is 1.00 bits per heavy atom. The summed E-state index contributed by atoms with van der Waals surface area (Å²) in [5.74, 6) is 0.329. The highest BCUT2D eigenvalue weighted by molar-refractivity contribution is 5.91. The number of likely N-dealkylation sites (tertiary alicyclic amines) is 2. The number of hydrogen-bond acceptors (Lipinski definition) is 8. The summed E-state index contributed by atoms with van der Waals surface area (Å²) in [6.07, 6.45) is 11.4. The third kappa shape index (κ3) is 7.20. The van der Waals surface area contributed by atoms with Crippen LogP contribution in [-0.4, -0.2) is 96.4 Å². The van der Waals surface area contributed by atoms with Crippen molar-refractivity contribution in [3.8, 4) is 0 Å². The molecule has 2 aliphatic heterocycles. The van der Waals surface area contributed by atoms with Gasteiger partial charge in [-0.3, -0.25) is 29.4 Å². The van der Waals surface area contributed by atoms with Gasteiger partial charge in [-0.1, -0.05) is 12.8 Å². The van der Waals surface area contributed by atoms with Gasteiger partial charge in [0.25, 0.3) is 11.8 Å². The maximum Gasteiger partial charge on any atom is 0.267 e. The number of methoxy groups -OCH3 is 2. The van der Waals surface area contributed by atoms with Gasteiger partial charge in [0.05, 0.1) is 0 Å². The van der Waals surface area contributed by atoms with Gasteiger partial charge in [0.15, 0.2) is 0 Å². The maximum atomic E-state index is 13.3. The van der Waals surface area contributed by atoms with Crippen molar-refractivity contribution >= 4 is 36.6 Å². The zero-order chi connectivity index (χ0) is 35.2. The molecule has 4 atom stereocenters. The smallest absolute Gasteiger partial charge is 0.267 e. The lowest BCUT2D eigenvalue weighted by atomic mass is 9.62. The van der Waals surface area contributed by atoms with Crippen LogP contribution < -0.4 is 11.5 Å². The van der Waals surface area contributed by atoms with E-state index in [4.69, 9.17) is 20.9 Å². The fraction of sp³-hybridized carbons (Fsp3) is 0.684. The molecule has 4 heterocycles. The van der Waals surface area contributed by atoms with E-state index in [9.17, 15) is 18.4 Å². The minimum Gasteiger partial charge on any atom is -0.373 e. The van der Waals surface area contributed by atoms with Crippen molar-refractivity contribution in [3.63, 3.8) is 0 Å². The van der Waals surface area contributed by atoms with Gasteiger partial charge < -0.3 is 20.9 Å². The average molecular weight is 768 g/mol. The monoisotopic (exact) mass is 766 g/mol. The van der Waals surface area contributed by atoms with E-state index in [2.05, 4.69) is 19.8 Å². The number of pyridine rings is 2. The van der Waals surface area contributed by atoms with Crippen LogP contribution in [0, 0.1) is 23.7 Å². The molecule has 2 aromatic rings. The van der Waals surface area contributed by atoms with E-state index in [0.29, 0.717) is 61.4 Å². The van der Waals surface area contributed by atoms with E-state index >= 15 is 0 Å². The second-order valence-corrected chi connectivity index (χ2v) is 15.6. The molecule has 4 bridgehead atoms. The predicted molar refractivity (Wildman–Crippen MR) is 198 cm³/mol. The number of hydrogen-bond donors (Lipinski definition) is 2. The van der Waals surface area contributed by atoms with E-state index < -0.39 is 35.4 Å². The maximum absolute atomic E-state index is 13.3. The number of aromatic nitrogens is 2. The summed E-state index contributed by atoms with van der Waals surface area (Å²) in [6.45, 7) is 3.71. The van der Waals surface area contributed by atoms with Crippen molar-refractivity contribution in [1.29, 1.82) is 0 Å². The van der Waals surface area contributed by atoms with Gasteiger partial charge in [0.2, 0.25) is 0 Å². The molecule has 4 unspecified atom stereocenters. The highest BCUT2D eigenvalue weighted by Gasteiger charge is 2.56. The van der Waals surface area contributed by atoms with E-state index in [1.54, 1.807) is 38.7 Å². The topological polar surface area (TPSA) is 137 Å². The van der Waals surface area contributed by atoms with E-state index in [1.807, 2.05) is 12.1 Å².